The number of aliphatic hydroxyl groups excluding tert-OH is 1. The standard InChI is InChI=1S/C25H20F4N4O2/c26-13-16-11-17(24(35)31-9-10-34)14-32-23(16)15-1-6-20-21(7-8-30-22(20)12-15)33-19-4-2-18(3-5-19)25(27,28)29/h1-8,11-12,14,34H,9-10,13H2,(H,30,33)(H,31,35). The van der Waals surface area contributed by atoms with Gasteiger partial charge in [-0.2, -0.15) is 13.2 Å². The van der Waals surface area contributed by atoms with E-state index in [-0.39, 0.29) is 24.3 Å². The van der Waals surface area contributed by atoms with Crippen LogP contribution in [0.5, 0.6) is 0 Å². The lowest BCUT2D eigenvalue weighted by molar-refractivity contribution is -0.137. The zero-order valence-corrected chi connectivity index (χ0v) is 18.2. The lowest BCUT2D eigenvalue weighted by Crippen LogP contribution is -2.26. The minimum atomic E-state index is -4.41. The zero-order chi connectivity index (χ0) is 25.0. The van der Waals surface area contributed by atoms with E-state index in [4.69, 9.17) is 5.11 Å². The Hall–Kier alpha value is -4.05. The Morgan fingerprint density at radius 1 is 1.00 bits per heavy atom. The fourth-order valence-corrected chi connectivity index (χ4v) is 3.57. The number of aromatic nitrogens is 2. The molecule has 10 heteroatoms. The van der Waals surface area contributed by atoms with Crippen LogP contribution in [0.2, 0.25) is 0 Å². The summed E-state index contributed by atoms with van der Waals surface area (Å²) < 4.78 is 52.2. The highest BCUT2D eigenvalue weighted by atomic mass is 19.4. The SMILES string of the molecule is O=C(NCCO)c1cnc(-c2ccc3c(Nc4ccc(C(F)(F)F)cc4)ccnc3c2)c(CF)c1. The van der Waals surface area contributed by atoms with Gasteiger partial charge in [0.25, 0.3) is 5.91 Å². The summed E-state index contributed by atoms with van der Waals surface area (Å²) in [5, 5.41) is 15.1. The molecule has 2 heterocycles. The van der Waals surface area contributed by atoms with Crippen LogP contribution in [0.4, 0.5) is 28.9 Å². The molecule has 0 radical (unpaired) electrons. The van der Waals surface area contributed by atoms with E-state index in [1.54, 1.807) is 30.5 Å². The fourth-order valence-electron chi connectivity index (χ4n) is 3.57. The number of nitrogens with one attached hydrogen (secondary N) is 2. The van der Waals surface area contributed by atoms with Gasteiger partial charge in [-0.3, -0.25) is 14.8 Å². The molecule has 2 aromatic carbocycles. The number of hydrogen-bond donors (Lipinski definition) is 3. The number of rotatable bonds is 7. The maximum absolute atomic E-state index is 13.8. The van der Waals surface area contributed by atoms with Gasteiger partial charge in [-0.15, -0.1) is 0 Å². The molecule has 2 aromatic heterocycles. The number of amides is 1. The van der Waals surface area contributed by atoms with Gasteiger partial charge in [0.05, 0.1) is 28.9 Å². The number of aliphatic hydroxyl groups is 1. The number of alkyl halides is 4. The van der Waals surface area contributed by atoms with Crippen LogP contribution in [-0.4, -0.2) is 34.1 Å². The summed E-state index contributed by atoms with van der Waals surface area (Å²) in [5.74, 6) is -0.466. The quantitative estimate of drug-likeness (QED) is 0.312. The molecule has 35 heavy (non-hydrogen) atoms. The fraction of sp³-hybridized carbons (Fsp3) is 0.160. The Kier molecular flexibility index (Phi) is 6.92. The molecule has 4 rings (SSSR count). The number of anilines is 2. The molecule has 0 atom stereocenters. The van der Waals surface area contributed by atoms with Gasteiger partial charge < -0.3 is 15.7 Å². The highest BCUT2D eigenvalue weighted by Crippen LogP contribution is 2.33. The molecule has 0 bridgehead atoms. The molecule has 180 valence electrons. The second kappa shape index (κ2) is 10.1. The molecule has 4 aromatic rings. The van der Waals surface area contributed by atoms with Crippen LogP contribution in [0.1, 0.15) is 21.5 Å². The number of hydrogen-bond acceptors (Lipinski definition) is 5. The molecule has 0 saturated carbocycles. The van der Waals surface area contributed by atoms with Crippen LogP contribution in [0.3, 0.4) is 0 Å². The number of carbonyl (C=O) groups is 1. The zero-order valence-electron chi connectivity index (χ0n) is 18.2. The van der Waals surface area contributed by atoms with E-state index in [0.717, 1.165) is 12.1 Å². The number of halogens is 4. The van der Waals surface area contributed by atoms with Crippen molar-refractivity contribution in [2.24, 2.45) is 0 Å². The van der Waals surface area contributed by atoms with E-state index in [2.05, 4.69) is 20.6 Å². The average molecular weight is 484 g/mol. The molecule has 6 nitrogen and oxygen atoms in total. The van der Waals surface area contributed by atoms with Crippen molar-refractivity contribution in [1.29, 1.82) is 0 Å². The van der Waals surface area contributed by atoms with E-state index in [9.17, 15) is 22.4 Å². The maximum atomic E-state index is 13.8. The van der Waals surface area contributed by atoms with Gasteiger partial charge in [0.15, 0.2) is 0 Å². The monoisotopic (exact) mass is 484 g/mol. The third-order valence-electron chi connectivity index (χ3n) is 5.28. The van der Waals surface area contributed by atoms with Crippen LogP contribution in [-0.2, 0) is 12.9 Å². The molecule has 0 spiro atoms. The van der Waals surface area contributed by atoms with E-state index in [0.29, 0.717) is 33.5 Å². The summed E-state index contributed by atoms with van der Waals surface area (Å²) in [6.07, 6.45) is -1.52. The van der Waals surface area contributed by atoms with Crippen molar-refractivity contribution in [3.63, 3.8) is 0 Å². The number of fused-ring (bicyclic) bond motifs is 1. The molecule has 0 aliphatic heterocycles. The van der Waals surface area contributed by atoms with Crippen LogP contribution >= 0.6 is 0 Å². The first-order valence-electron chi connectivity index (χ1n) is 10.6. The van der Waals surface area contributed by atoms with Crippen molar-refractivity contribution >= 4 is 28.2 Å². The average Bonchev–Trinajstić information content (AvgIpc) is 2.86. The van der Waals surface area contributed by atoms with Gasteiger partial charge in [-0.25, -0.2) is 4.39 Å². The van der Waals surface area contributed by atoms with Crippen molar-refractivity contribution in [2.45, 2.75) is 12.9 Å². The summed E-state index contributed by atoms with van der Waals surface area (Å²) in [6, 6.07) is 13.0. The third kappa shape index (κ3) is 5.38. The van der Waals surface area contributed by atoms with Crippen molar-refractivity contribution < 1.29 is 27.5 Å². The maximum Gasteiger partial charge on any atom is 0.416 e. The molecule has 1 amide bonds. The van der Waals surface area contributed by atoms with Crippen molar-refractivity contribution in [1.82, 2.24) is 15.3 Å². The van der Waals surface area contributed by atoms with E-state index >= 15 is 0 Å². The predicted molar refractivity (Wildman–Crippen MR) is 124 cm³/mol. The predicted octanol–water partition coefficient (Wildman–Crippen LogP) is 5.25. The molecule has 0 fully saturated rings. The van der Waals surface area contributed by atoms with Gasteiger partial charge >= 0.3 is 6.18 Å². The molecule has 0 saturated heterocycles. The Morgan fingerprint density at radius 2 is 1.77 bits per heavy atom. The van der Waals surface area contributed by atoms with Gasteiger partial charge in [-0.1, -0.05) is 12.1 Å². The molecular formula is C25H20F4N4O2. The number of carbonyl (C=O) groups excluding carboxylic acids is 1. The first-order valence-corrected chi connectivity index (χ1v) is 10.6. The van der Waals surface area contributed by atoms with E-state index in [1.165, 1.54) is 24.4 Å². The molecule has 3 N–H and O–H groups in total. The highest BCUT2D eigenvalue weighted by Gasteiger charge is 2.29. The Labute approximate surface area is 197 Å². The Balaban J connectivity index is 1.63. The summed E-state index contributed by atoms with van der Waals surface area (Å²) in [6.45, 7) is -0.984. The highest BCUT2D eigenvalue weighted by molar-refractivity contribution is 5.96. The Bertz CT molecular complexity index is 1360. The van der Waals surface area contributed by atoms with Crippen molar-refractivity contribution in [3.05, 3.63) is 83.7 Å². The number of pyridine rings is 2. The molecule has 0 aliphatic carbocycles. The minimum Gasteiger partial charge on any atom is -0.395 e. The summed E-state index contributed by atoms with van der Waals surface area (Å²) >= 11 is 0. The lowest BCUT2D eigenvalue weighted by atomic mass is 10.0. The largest absolute Gasteiger partial charge is 0.416 e. The van der Waals surface area contributed by atoms with E-state index < -0.39 is 24.3 Å². The Morgan fingerprint density at radius 3 is 2.46 bits per heavy atom. The van der Waals surface area contributed by atoms with Gasteiger partial charge in [0.2, 0.25) is 0 Å². The van der Waals surface area contributed by atoms with Crippen molar-refractivity contribution in [3.8, 4) is 11.3 Å². The third-order valence-corrected chi connectivity index (χ3v) is 5.28. The number of benzene rings is 2. The second-order valence-electron chi connectivity index (χ2n) is 7.64. The lowest BCUT2D eigenvalue weighted by Gasteiger charge is -2.13. The first-order chi connectivity index (χ1) is 16.8. The van der Waals surface area contributed by atoms with Gasteiger partial charge in [0.1, 0.15) is 6.67 Å². The van der Waals surface area contributed by atoms with Gasteiger partial charge in [-0.05, 0) is 42.5 Å². The molecule has 0 unspecified atom stereocenters. The first kappa shape index (κ1) is 24.1. The van der Waals surface area contributed by atoms with Crippen LogP contribution in [0.25, 0.3) is 22.2 Å². The smallest absolute Gasteiger partial charge is 0.395 e. The molecule has 0 aliphatic rings. The topological polar surface area (TPSA) is 87.1 Å². The summed E-state index contributed by atoms with van der Waals surface area (Å²) in [4.78, 5) is 20.7. The number of nitrogens with zero attached hydrogens (tertiary/aromatic N) is 2. The van der Waals surface area contributed by atoms with E-state index in [1.807, 2.05) is 0 Å². The van der Waals surface area contributed by atoms with Crippen LogP contribution < -0.4 is 10.6 Å². The van der Waals surface area contributed by atoms with Crippen LogP contribution in [0.15, 0.2) is 67.0 Å². The van der Waals surface area contributed by atoms with Crippen LogP contribution in [0, 0.1) is 0 Å². The normalized spacial score (nSPS) is 11.5. The second-order valence-corrected chi connectivity index (χ2v) is 7.64. The summed E-state index contributed by atoms with van der Waals surface area (Å²) in [5.41, 5.74) is 2.29. The summed E-state index contributed by atoms with van der Waals surface area (Å²) in [7, 11) is 0. The molecular weight excluding hydrogens is 464 g/mol. The van der Waals surface area contributed by atoms with Gasteiger partial charge in [0, 0.05) is 46.8 Å². The van der Waals surface area contributed by atoms with Crippen molar-refractivity contribution in [2.75, 3.05) is 18.5 Å². The minimum absolute atomic E-state index is 0.0741.